The number of amides is 4. The van der Waals surface area contributed by atoms with Crippen LogP contribution in [0.5, 0.6) is 0 Å². The zero-order valence-corrected chi connectivity index (χ0v) is 14.2. The predicted molar refractivity (Wildman–Crippen MR) is 91.9 cm³/mol. The van der Waals surface area contributed by atoms with Crippen molar-refractivity contribution in [1.29, 1.82) is 0 Å². The molecule has 0 spiro atoms. The highest BCUT2D eigenvalue weighted by atomic mass is 16.2. The van der Waals surface area contributed by atoms with Gasteiger partial charge in [-0.15, -0.1) is 0 Å². The summed E-state index contributed by atoms with van der Waals surface area (Å²) in [6.45, 7) is -0.195. The summed E-state index contributed by atoms with van der Waals surface area (Å²) in [7, 11) is 1.49. The van der Waals surface area contributed by atoms with E-state index >= 15 is 0 Å². The zero-order valence-electron chi connectivity index (χ0n) is 14.2. The van der Waals surface area contributed by atoms with Gasteiger partial charge in [-0.3, -0.25) is 29.2 Å². The fraction of sp³-hybridized carbons (Fsp3) is 0.353. The van der Waals surface area contributed by atoms with E-state index < -0.39 is 5.92 Å². The first-order chi connectivity index (χ1) is 12.5. The molecule has 1 aromatic carbocycles. The molecule has 2 aromatic rings. The van der Waals surface area contributed by atoms with Crippen LogP contribution in [-0.2, 0) is 25.7 Å². The second-order valence-electron chi connectivity index (χ2n) is 6.01. The molecule has 4 amide bonds. The molecule has 9 nitrogen and oxygen atoms in total. The predicted octanol–water partition coefficient (Wildman–Crippen LogP) is -0.581. The maximum absolute atomic E-state index is 12.2. The number of fused-ring (bicyclic) bond motifs is 1. The summed E-state index contributed by atoms with van der Waals surface area (Å²) in [4.78, 5) is 46.9. The molecule has 9 heteroatoms. The van der Waals surface area contributed by atoms with Crippen molar-refractivity contribution < 1.29 is 19.2 Å². The van der Waals surface area contributed by atoms with Gasteiger partial charge in [-0.2, -0.15) is 5.10 Å². The number of carbonyl (C=O) groups excluding carboxylic acids is 4. The molecule has 1 aromatic heterocycles. The number of hydrogen-bond donors (Lipinski definition) is 3. The largest absolute Gasteiger partial charge is 0.358 e. The first-order valence-electron chi connectivity index (χ1n) is 8.26. The van der Waals surface area contributed by atoms with Crippen LogP contribution >= 0.6 is 0 Å². The Hall–Kier alpha value is -3.23. The third-order valence-electron chi connectivity index (χ3n) is 4.27. The minimum atomic E-state index is -0.534. The number of benzene rings is 1. The van der Waals surface area contributed by atoms with E-state index in [1.165, 1.54) is 11.7 Å². The van der Waals surface area contributed by atoms with Crippen LogP contribution < -0.4 is 16.0 Å². The molecule has 136 valence electrons. The number of nitrogens with one attached hydrogen (secondary N) is 3. The minimum absolute atomic E-state index is 0.0786. The topological polar surface area (TPSA) is 122 Å². The number of likely N-dealkylation sites (N-methyl/N-ethyl adjacent to an activating group) is 1. The highest BCUT2D eigenvalue weighted by Gasteiger charge is 2.31. The van der Waals surface area contributed by atoms with Gasteiger partial charge in [-0.05, 0) is 12.5 Å². The van der Waals surface area contributed by atoms with Crippen LogP contribution in [0.25, 0.3) is 10.9 Å². The lowest BCUT2D eigenvalue weighted by atomic mass is 9.93. The van der Waals surface area contributed by atoms with Crippen LogP contribution in [0.1, 0.15) is 24.5 Å². The SMILES string of the molecule is CNC(=O)CNC(=O)Cn1nc(C2CCC(=O)NC2=O)c2ccccc21. The first kappa shape index (κ1) is 17.6. The molecule has 3 rings (SSSR count). The fourth-order valence-corrected chi connectivity index (χ4v) is 2.94. The smallest absolute Gasteiger partial charge is 0.242 e. The van der Waals surface area contributed by atoms with Crippen LogP contribution in [0.4, 0.5) is 0 Å². The van der Waals surface area contributed by atoms with E-state index in [1.54, 1.807) is 0 Å². The summed E-state index contributed by atoms with van der Waals surface area (Å²) in [5.74, 6) is -1.86. The van der Waals surface area contributed by atoms with Gasteiger partial charge < -0.3 is 10.6 Å². The molecular formula is C17H19N5O4. The van der Waals surface area contributed by atoms with E-state index in [2.05, 4.69) is 21.0 Å². The lowest BCUT2D eigenvalue weighted by Crippen LogP contribution is -2.39. The quantitative estimate of drug-likeness (QED) is 0.618. The van der Waals surface area contributed by atoms with Gasteiger partial charge in [0.25, 0.3) is 0 Å². The summed E-state index contributed by atoms with van der Waals surface area (Å²) >= 11 is 0. The monoisotopic (exact) mass is 357 g/mol. The van der Waals surface area contributed by atoms with Crippen LogP contribution in [-0.4, -0.2) is 47.0 Å². The molecule has 0 saturated carbocycles. The average Bonchev–Trinajstić information content (AvgIpc) is 2.98. The molecule has 0 bridgehead atoms. The third-order valence-corrected chi connectivity index (χ3v) is 4.27. The molecule has 1 aliphatic rings. The lowest BCUT2D eigenvalue weighted by molar-refractivity contribution is -0.134. The molecule has 1 saturated heterocycles. The van der Waals surface area contributed by atoms with E-state index in [1.807, 2.05) is 24.3 Å². The Labute approximate surface area is 149 Å². The number of hydrogen-bond acceptors (Lipinski definition) is 5. The Morgan fingerprint density at radius 3 is 2.77 bits per heavy atom. The summed E-state index contributed by atoms with van der Waals surface area (Å²) < 4.78 is 1.51. The van der Waals surface area contributed by atoms with Gasteiger partial charge in [0.05, 0.1) is 23.7 Å². The summed E-state index contributed by atoms with van der Waals surface area (Å²) in [5.41, 5.74) is 1.26. The number of nitrogens with zero attached hydrogens (tertiary/aromatic N) is 2. The Morgan fingerprint density at radius 2 is 2.04 bits per heavy atom. The van der Waals surface area contributed by atoms with Crippen molar-refractivity contribution in [1.82, 2.24) is 25.7 Å². The molecule has 26 heavy (non-hydrogen) atoms. The Kier molecular flexibility index (Phi) is 4.97. The number of carbonyl (C=O) groups is 4. The van der Waals surface area contributed by atoms with E-state index in [-0.39, 0.29) is 43.1 Å². The normalized spacial score (nSPS) is 17.0. The molecule has 1 fully saturated rings. The standard InChI is InChI=1S/C17H19N5O4/c1-18-14(24)8-19-15(25)9-22-12-5-3-2-4-10(12)16(21-22)11-6-7-13(23)20-17(11)26/h2-5,11H,6-9H2,1H3,(H,18,24)(H,19,25)(H,20,23,26). The number of imide groups is 1. The average molecular weight is 357 g/mol. The number of aromatic nitrogens is 2. The second kappa shape index (κ2) is 7.34. The van der Waals surface area contributed by atoms with Crippen molar-refractivity contribution >= 4 is 34.5 Å². The van der Waals surface area contributed by atoms with Gasteiger partial charge >= 0.3 is 0 Å². The third kappa shape index (κ3) is 3.56. The van der Waals surface area contributed by atoms with Crippen molar-refractivity contribution in [3.05, 3.63) is 30.0 Å². The maximum Gasteiger partial charge on any atom is 0.242 e. The number of para-hydroxylation sites is 1. The number of rotatable bonds is 5. The molecule has 3 N–H and O–H groups in total. The Bertz CT molecular complexity index is 888. The van der Waals surface area contributed by atoms with Crippen molar-refractivity contribution in [3.8, 4) is 0 Å². The second-order valence-corrected chi connectivity index (χ2v) is 6.01. The summed E-state index contributed by atoms with van der Waals surface area (Å²) in [6, 6.07) is 7.29. The van der Waals surface area contributed by atoms with Crippen molar-refractivity contribution in [2.45, 2.75) is 25.3 Å². The summed E-state index contributed by atoms with van der Waals surface area (Å²) in [6.07, 6.45) is 0.638. The van der Waals surface area contributed by atoms with Crippen molar-refractivity contribution in [2.75, 3.05) is 13.6 Å². The zero-order chi connectivity index (χ0) is 18.7. The Balaban J connectivity index is 1.86. The van der Waals surface area contributed by atoms with Crippen molar-refractivity contribution in [2.24, 2.45) is 0 Å². The molecular weight excluding hydrogens is 338 g/mol. The highest BCUT2D eigenvalue weighted by molar-refractivity contribution is 6.02. The number of piperidine rings is 1. The molecule has 1 atom stereocenters. The van der Waals surface area contributed by atoms with Gasteiger partial charge in [0.1, 0.15) is 6.54 Å². The van der Waals surface area contributed by atoms with Crippen LogP contribution in [0, 0.1) is 0 Å². The van der Waals surface area contributed by atoms with Gasteiger partial charge in [-0.25, -0.2) is 0 Å². The van der Waals surface area contributed by atoms with Gasteiger partial charge in [0.2, 0.25) is 23.6 Å². The maximum atomic E-state index is 12.2. The molecule has 0 radical (unpaired) electrons. The van der Waals surface area contributed by atoms with Gasteiger partial charge in [0.15, 0.2) is 0 Å². The van der Waals surface area contributed by atoms with E-state index in [4.69, 9.17) is 0 Å². The molecule has 2 heterocycles. The Morgan fingerprint density at radius 1 is 1.27 bits per heavy atom. The van der Waals surface area contributed by atoms with E-state index in [0.29, 0.717) is 17.6 Å². The highest BCUT2D eigenvalue weighted by Crippen LogP contribution is 2.30. The van der Waals surface area contributed by atoms with E-state index in [9.17, 15) is 19.2 Å². The van der Waals surface area contributed by atoms with Crippen LogP contribution in [0.15, 0.2) is 24.3 Å². The molecule has 0 aliphatic carbocycles. The minimum Gasteiger partial charge on any atom is -0.358 e. The van der Waals surface area contributed by atoms with E-state index in [0.717, 1.165) is 5.39 Å². The van der Waals surface area contributed by atoms with Gasteiger partial charge in [-0.1, -0.05) is 18.2 Å². The molecule has 1 unspecified atom stereocenters. The molecule has 1 aliphatic heterocycles. The van der Waals surface area contributed by atoms with Crippen molar-refractivity contribution in [3.63, 3.8) is 0 Å². The van der Waals surface area contributed by atoms with Gasteiger partial charge in [0, 0.05) is 18.9 Å². The first-order valence-corrected chi connectivity index (χ1v) is 8.26. The summed E-state index contributed by atoms with van der Waals surface area (Å²) in [5, 5.41) is 12.5. The van der Waals surface area contributed by atoms with Crippen LogP contribution in [0.3, 0.4) is 0 Å². The fourth-order valence-electron chi connectivity index (χ4n) is 2.94. The van der Waals surface area contributed by atoms with Crippen LogP contribution in [0.2, 0.25) is 0 Å². The lowest BCUT2D eigenvalue weighted by Gasteiger charge is -2.19.